The second-order valence-electron chi connectivity index (χ2n) is 3.27. The van der Waals surface area contributed by atoms with Gasteiger partial charge in [0, 0.05) is 31.9 Å². The number of carbonyl (C=O) groups excluding carboxylic acids is 1. The minimum atomic E-state index is -0.583. The van der Waals surface area contributed by atoms with Crippen molar-refractivity contribution in [2.75, 3.05) is 14.1 Å². The Kier molecular flexibility index (Phi) is 3.86. The van der Waals surface area contributed by atoms with Gasteiger partial charge in [0.1, 0.15) is 5.82 Å². The van der Waals surface area contributed by atoms with Crippen LogP contribution in [0.15, 0.2) is 30.5 Å². The van der Waals surface area contributed by atoms with E-state index in [0.717, 1.165) is 6.07 Å². The molecule has 0 aliphatic rings. The molecular formula is C11H11ClFNO. The zero-order valence-corrected chi connectivity index (χ0v) is 9.25. The molecule has 0 amide bonds. The van der Waals surface area contributed by atoms with E-state index in [1.807, 2.05) is 0 Å². The molecule has 0 aliphatic heterocycles. The van der Waals surface area contributed by atoms with Gasteiger partial charge in [0.2, 0.25) is 0 Å². The van der Waals surface area contributed by atoms with Crippen molar-refractivity contribution < 1.29 is 9.18 Å². The molecule has 1 rings (SSSR count). The molecule has 0 radical (unpaired) electrons. The van der Waals surface area contributed by atoms with Crippen LogP contribution in [0.25, 0.3) is 0 Å². The predicted octanol–water partition coefficient (Wildman–Crippen LogP) is 2.74. The number of rotatable bonds is 3. The van der Waals surface area contributed by atoms with Crippen LogP contribution in [-0.4, -0.2) is 24.8 Å². The van der Waals surface area contributed by atoms with Crippen molar-refractivity contribution in [3.05, 3.63) is 46.9 Å². The summed E-state index contributed by atoms with van der Waals surface area (Å²) in [5.41, 5.74) is 0.287. The van der Waals surface area contributed by atoms with E-state index in [-0.39, 0.29) is 16.4 Å². The lowest BCUT2D eigenvalue weighted by Crippen LogP contribution is -2.03. The number of hydrogen-bond acceptors (Lipinski definition) is 2. The second kappa shape index (κ2) is 4.94. The average molecular weight is 228 g/mol. The molecule has 4 heteroatoms. The first-order chi connectivity index (χ1) is 7.00. The third kappa shape index (κ3) is 3.36. The van der Waals surface area contributed by atoms with Gasteiger partial charge in [0.15, 0.2) is 5.78 Å². The molecule has 0 aromatic heterocycles. The zero-order valence-electron chi connectivity index (χ0n) is 8.50. The molecule has 0 saturated carbocycles. The van der Waals surface area contributed by atoms with Gasteiger partial charge in [-0.25, -0.2) is 4.39 Å². The van der Waals surface area contributed by atoms with E-state index in [0.29, 0.717) is 0 Å². The van der Waals surface area contributed by atoms with Crippen molar-refractivity contribution in [2.45, 2.75) is 0 Å². The van der Waals surface area contributed by atoms with Crippen molar-refractivity contribution in [3.63, 3.8) is 0 Å². The van der Waals surface area contributed by atoms with Gasteiger partial charge in [-0.1, -0.05) is 11.6 Å². The minimum Gasteiger partial charge on any atom is -0.383 e. The fourth-order valence-corrected chi connectivity index (χ4v) is 1.08. The van der Waals surface area contributed by atoms with Crippen molar-refractivity contribution in [2.24, 2.45) is 0 Å². The quantitative estimate of drug-likeness (QED) is 0.585. The molecule has 0 saturated heterocycles. The standard InChI is InChI=1S/C11H11ClFNO/c1-14(2)6-5-11(15)8-3-4-9(12)10(13)7-8/h3-7H,1-2H3/b6-5+. The first-order valence-electron chi connectivity index (χ1n) is 4.34. The average Bonchev–Trinajstić information content (AvgIpc) is 2.18. The van der Waals surface area contributed by atoms with Crippen LogP contribution in [0.4, 0.5) is 4.39 Å². The number of nitrogens with zero attached hydrogens (tertiary/aromatic N) is 1. The third-order valence-corrected chi connectivity index (χ3v) is 2.03. The highest BCUT2D eigenvalue weighted by atomic mass is 35.5. The van der Waals surface area contributed by atoms with E-state index in [9.17, 15) is 9.18 Å². The Labute approximate surface area is 93.0 Å². The van der Waals surface area contributed by atoms with E-state index >= 15 is 0 Å². The first-order valence-corrected chi connectivity index (χ1v) is 4.72. The van der Waals surface area contributed by atoms with Gasteiger partial charge in [-0.2, -0.15) is 0 Å². The summed E-state index contributed by atoms with van der Waals surface area (Å²) < 4.78 is 13.0. The lowest BCUT2D eigenvalue weighted by molar-refractivity contribution is 0.104. The van der Waals surface area contributed by atoms with Crippen LogP contribution >= 0.6 is 11.6 Å². The zero-order chi connectivity index (χ0) is 11.4. The van der Waals surface area contributed by atoms with Crippen LogP contribution in [0.2, 0.25) is 5.02 Å². The Morgan fingerprint density at radius 1 is 1.47 bits per heavy atom. The summed E-state index contributed by atoms with van der Waals surface area (Å²) in [4.78, 5) is 13.2. The SMILES string of the molecule is CN(C)/C=C/C(=O)c1ccc(Cl)c(F)c1. The van der Waals surface area contributed by atoms with Gasteiger partial charge < -0.3 is 4.90 Å². The predicted molar refractivity (Wildman–Crippen MR) is 58.6 cm³/mol. The fourth-order valence-electron chi connectivity index (χ4n) is 0.962. The van der Waals surface area contributed by atoms with Crippen LogP contribution in [0.5, 0.6) is 0 Å². The van der Waals surface area contributed by atoms with E-state index in [1.165, 1.54) is 18.2 Å². The largest absolute Gasteiger partial charge is 0.383 e. The van der Waals surface area contributed by atoms with Crippen molar-refractivity contribution in [3.8, 4) is 0 Å². The van der Waals surface area contributed by atoms with Crippen LogP contribution in [0.3, 0.4) is 0 Å². The monoisotopic (exact) mass is 227 g/mol. The molecule has 0 N–H and O–H groups in total. The Morgan fingerprint density at radius 3 is 2.67 bits per heavy atom. The fraction of sp³-hybridized carbons (Fsp3) is 0.182. The highest BCUT2D eigenvalue weighted by Gasteiger charge is 2.05. The van der Waals surface area contributed by atoms with Gasteiger partial charge in [-0.05, 0) is 18.2 Å². The minimum absolute atomic E-state index is 0.0168. The molecule has 15 heavy (non-hydrogen) atoms. The van der Waals surface area contributed by atoms with Crippen LogP contribution < -0.4 is 0 Å². The molecule has 0 spiro atoms. The summed E-state index contributed by atoms with van der Waals surface area (Å²) in [7, 11) is 3.60. The molecule has 0 bridgehead atoms. The van der Waals surface area contributed by atoms with Crippen LogP contribution in [0.1, 0.15) is 10.4 Å². The van der Waals surface area contributed by atoms with Crippen LogP contribution in [0, 0.1) is 5.82 Å². The van der Waals surface area contributed by atoms with E-state index in [1.54, 1.807) is 25.2 Å². The van der Waals surface area contributed by atoms with Crippen LogP contribution in [-0.2, 0) is 0 Å². The lowest BCUT2D eigenvalue weighted by Gasteiger charge is -2.03. The van der Waals surface area contributed by atoms with Gasteiger partial charge in [0.05, 0.1) is 5.02 Å². The van der Waals surface area contributed by atoms with E-state index in [2.05, 4.69) is 0 Å². The number of benzene rings is 1. The highest BCUT2D eigenvalue weighted by Crippen LogP contribution is 2.16. The molecule has 1 aromatic rings. The molecule has 0 fully saturated rings. The smallest absolute Gasteiger partial charge is 0.187 e. The molecule has 1 aromatic carbocycles. The van der Waals surface area contributed by atoms with Crippen molar-refractivity contribution >= 4 is 17.4 Å². The van der Waals surface area contributed by atoms with Crippen molar-refractivity contribution in [1.29, 1.82) is 0 Å². The molecule has 0 unspecified atom stereocenters. The first kappa shape index (κ1) is 11.7. The summed E-state index contributed by atoms with van der Waals surface area (Å²) in [6.45, 7) is 0. The molecule has 2 nitrogen and oxygen atoms in total. The second-order valence-corrected chi connectivity index (χ2v) is 3.68. The summed E-state index contributed by atoms with van der Waals surface area (Å²) in [5.74, 6) is -0.833. The summed E-state index contributed by atoms with van der Waals surface area (Å²) in [6.07, 6.45) is 2.98. The topological polar surface area (TPSA) is 20.3 Å². The lowest BCUT2D eigenvalue weighted by atomic mass is 10.1. The maximum absolute atomic E-state index is 13.0. The van der Waals surface area contributed by atoms with Gasteiger partial charge in [-0.3, -0.25) is 4.79 Å². The molecule has 80 valence electrons. The highest BCUT2D eigenvalue weighted by molar-refractivity contribution is 6.30. The third-order valence-electron chi connectivity index (χ3n) is 1.73. The summed E-state index contributed by atoms with van der Waals surface area (Å²) >= 11 is 5.50. The Hall–Kier alpha value is -1.35. The molecule has 0 atom stereocenters. The Balaban J connectivity index is 2.88. The van der Waals surface area contributed by atoms with Crippen molar-refractivity contribution in [1.82, 2.24) is 4.90 Å². The number of halogens is 2. The van der Waals surface area contributed by atoms with E-state index < -0.39 is 5.82 Å². The molecule has 0 aliphatic carbocycles. The number of carbonyl (C=O) groups is 1. The maximum Gasteiger partial charge on any atom is 0.187 e. The summed E-state index contributed by atoms with van der Waals surface area (Å²) in [5, 5.41) is 0.0168. The molecule has 0 heterocycles. The number of ketones is 1. The summed E-state index contributed by atoms with van der Waals surface area (Å²) in [6, 6.07) is 3.99. The van der Waals surface area contributed by atoms with Gasteiger partial charge in [-0.15, -0.1) is 0 Å². The Bertz CT molecular complexity index is 402. The molecular weight excluding hydrogens is 217 g/mol. The maximum atomic E-state index is 13.0. The number of hydrogen-bond donors (Lipinski definition) is 0. The Morgan fingerprint density at radius 2 is 2.13 bits per heavy atom. The number of allylic oxidation sites excluding steroid dienone is 1. The van der Waals surface area contributed by atoms with Gasteiger partial charge >= 0.3 is 0 Å². The normalized spacial score (nSPS) is 10.7. The van der Waals surface area contributed by atoms with E-state index in [4.69, 9.17) is 11.6 Å². The van der Waals surface area contributed by atoms with Gasteiger partial charge in [0.25, 0.3) is 0 Å².